The lowest BCUT2D eigenvalue weighted by molar-refractivity contribution is -0.131. The van der Waals surface area contributed by atoms with Gasteiger partial charge in [-0.05, 0) is 44.5 Å². The third-order valence-electron chi connectivity index (χ3n) is 5.96. The van der Waals surface area contributed by atoms with Gasteiger partial charge in [-0.15, -0.1) is 0 Å². The number of nitrogens with two attached hydrogens (primary N) is 1. The second-order valence-electron chi connectivity index (χ2n) is 9.31. The summed E-state index contributed by atoms with van der Waals surface area (Å²) in [5.74, 6) is -1.61. The predicted molar refractivity (Wildman–Crippen MR) is 123 cm³/mol. The number of carbonyl (C=O) groups is 3. The van der Waals surface area contributed by atoms with Gasteiger partial charge in [0.05, 0.1) is 22.2 Å². The van der Waals surface area contributed by atoms with Crippen molar-refractivity contribution in [2.75, 3.05) is 16.8 Å². The third kappa shape index (κ3) is 4.23. The van der Waals surface area contributed by atoms with Crippen molar-refractivity contribution >= 4 is 39.1 Å². The molecule has 0 aromatic heterocycles. The fourth-order valence-corrected chi connectivity index (χ4v) is 4.90. The zero-order chi connectivity index (χ0) is 24.1. The lowest BCUT2D eigenvalue weighted by Crippen LogP contribution is -2.48. The van der Waals surface area contributed by atoms with Gasteiger partial charge in [0.25, 0.3) is 5.91 Å². The zero-order valence-corrected chi connectivity index (χ0v) is 19.4. The molecule has 2 aromatic rings. The standard InChI is InChI=1S/C23H26N4O5S/c1-23(2,3)26-13-15(11-19(26)28)22(30)27-18-10-9-16(33(24,31)32)12-17(18)25-21(29)20(27)14-7-5-4-6-8-14/h4-10,12,15,20H,11,13H2,1-3H3,(H,25,29)(H2,24,31,32). The van der Waals surface area contributed by atoms with E-state index in [0.29, 0.717) is 11.3 Å². The molecule has 174 valence electrons. The number of hydrogen-bond donors (Lipinski definition) is 2. The van der Waals surface area contributed by atoms with Gasteiger partial charge < -0.3 is 10.2 Å². The van der Waals surface area contributed by atoms with Gasteiger partial charge in [0, 0.05) is 18.5 Å². The van der Waals surface area contributed by atoms with Gasteiger partial charge in [-0.25, -0.2) is 13.6 Å². The van der Waals surface area contributed by atoms with E-state index in [0.717, 1.165) is 0 Å². The molecule has 4 rings (SSSR count). The monoisotopic (exact) mass is 470 g/mol. The highest BCUT2D eigenvalue weighted by molar-refractivity contribution is 7.89. The predicted octanol–water partition coefficient (Wildman–Crippen LogP) is 2.01. The molecule has 0 bridgehead atoms. The van der Waals surface area contributed by atoms with E-state index in [2.05, 4.69) is 5.32 Å². The number of likely N-dealkylation sites (tertiary alicyclic amines) is 1. The molecule has 10 heteroatoms. The highest BCUT2D eigenvalue weighted by atomic mass is 32.2. The molecule has 2 unspecified atom stereocenters. The van der Waals surface area contributed by atoms with Crippen LogP contribution in [0, 0.1) is 5.92 Å². The molecule has 2 aliphatic rings. The molecule has 2 aromatic carbocycles. The van der Waals surface area contributed by atoms with Gasteiger partial charge in [-0.2, -0.15) is 0 Å². The van der Waals surface area contributed by atoms with Crippen LogP contribution in [0.25, 0.3) is 0 Å². The van der Waals surface area contributed by atoms with Gasteiger partial charge in [-0.3, -0.25) is 19.3 Å². The second kappa shape index (κ2) is 7.96. The summed E-state index contributed by atoms with van der Waals surface area (Å²) in [6.45, 7) is 5.96. The average Bonchev–Trinajstić information content (AvgIpc) is 3.14. The van der Waals surface area contributed by atoms with Crippen molar-refractivity contribution in [3.63, 3.8) is 0 Å². The van der Waals surface area contributed by atoms with Gasteiger partial charge in [0.15, 0.2) is 0 Å². The Morgan fingerprint density at radius 1 is 1.09 bits per heavy atom. The summed E-state index contributed by atoms with van der Waals surface area (Å²) in [6.07, 6.45) is 0.0420. The number of hydrogen-bond acceptors (Lipinski definition) is 5. The van der Waals surface area contributed by atoms with Crippen LogP contribution < -0.4 is 15.4 Å². The van der Waals surface area contributed by atoms with Crippen molar-refractivity contribution < 1.29 is 22.8 Å². The highest BCUT2D eigenvalue weighted by Gasteiger charge is 2.45. The number of primary sulfonamides is 1. The van der Waals surface area contributed by atoms with Crippen LogP contribution in [0.2, 0.25) is 0 Å². The molecule has 3 amide bonds. The average molecular weight is 471 g/mol. The number of sulfonamides is 1. The van der Waals surface area contributed by atoms with Crippen molar-refractivity contribution in [2.24, 2.45) is 11.1 Å². The van der Waals surface area contributed by atoms with Gasteiger partial charge in [0.1, 0.15) is 6.04 Å². The van der Waals surface area contributed by atoms with Crippen LogP contribution in [0.1, 0.15) is 38.8 Å². The number of benzene rings is 2. The fourth-order valence-electron chi connectivity index (χ4n) is 4.36. The first-order chi connectivity index (χ1) is 15.4. The minimum absolute atomic E-state index is 0.0420. The smallest absolute Gasteiger partial charge is 0.252 e. The van der Waals surface area contributed by atoms with E-state index in [4.69, 9.17) is 5.14 Å². The highest BCUT2D eigenvalue weighted by Crippen LogP contribution is 2.41. The fraction of sp³-hybridized carbons (Fsp3) is 0.348. The number of rotatable bonds is 3. The first-order valence-electron chi connectivity index (χ1n) is 10.5. The van der Waals surface area contributed by atoms with E-state index in [9.17, 15) is 22.8 Å². The summed E-state index contributed by atoms with van der Waals surface area (Å²) in [7, 11) is -4.01. The summed E-state index contributed by atoms with van der Waals surface area (Å²) >= 11 is 0. The molecule has 1 fully saturated rings. The molecule has 2 atom stereocenters. The van der Waals surface area contributed by atoms with Gasteiger partial charge in [-0.1, -0.05) is 30.3 Å². The number of nitrogens with one attached hydrogen (secondary N) is 1. The molecule has 2 aliphatic heterocycles. The number of fused-ring (bicyclic) bond motifs is 1. The van der Waals surface area contributed by atoms with Crippen LogP contribution >= 0.6 is 0 Å². The van der Waals surface area contributed by atoms with E-state index in [-0.39, 0.29) is 35.4 Å². The summed E-state index contributed by atoms with van der Waals surface area (Å²) in [4.78, 5) is 42.5. The Kier molecular flexibility index (Phi) is 5.53. The van der Waals surface area contributed by atoms with Gasteiger partial charge >= 0.3 is 0 Å². The molecule has 3 N–H and O–H groups in total. The lowest BCUT2D eigenvalue weighted by Gasteiger charge is -2.38. The minimum Gasteiger partial charge on any atom is -0.337 e. The molecular weight excluding hydrogens is 444 g/mol. The lowest BCUT2D eigenvalue weighted by atomic mass is 9.97. The minimum atomic E-state index is -4.01. The first kappa shape index (κ1) is 22.9. The summed E-state index contributed by atoms with van der Waals surface area (Å²) in [5, 5.41) is 7.95. The maximum Gasteiger partial charge on any atom is 0.252 e. The Morgan fingerprint density at radius 3 is 2.33 bits per heavy atom. The maximum absolute atomic E-state index is 13.8. The van der Waals surface area contributed by atoms with Crippen LogP contribution in [0.4, 0.5) is 11.4 Å². The van der Waals surface area contributed by atoms with E-state index in [1.807, 2.05) is 20.8 Å². The van der Waals surface area contributed by atoms with Crippen LogP contribution in [0.3, 0.4) is 0 Å². The molecule has 2 heterocycles. The number of anilines is 2. The summed E-state index contributed by atoms with van der Waals surface area (Å²) in [6, 6.07) is 11.9. The van der Waals surface area contributed by atoms with Crippen molar-refractivity contribution in [1.82, 2.24) is 4.90 Å². The molecule has 33 heavy (non-hydrogen) atoms. The zero-order valence-electron chi connectivity index (χ0n) is 18.6. The van der Waals surface area contributed by atoms with Crippen molar-refractivity contribution in [3.8, 4) is 0 Å². The quantitative estimate of drug-likeness (QED) is 0.709. The Bertz CT molecular complexity index is 1240. The summed E-state index contributed by atoms with van der Waals surface area (Å²) < 4.78 is 23.6. The number of nitrogens with zero attached hydrogens (tertiary/aromatic N) is 2. The van der Waals surface area contributed by atoms with E-state index in [1.165, 1.54) is 23.1 Å². The van der Waals surface area contributed by atoms with E-state index >= 15 is 0 Å². The maximum atomic E-state index is 13.8. The van der Waals surface area contributed by atoms with Crippen LogP contribution in [0.5, 0.6) is 0 Å². The molecule has 0 spiro atoms. The van der Waals surface area contributed by atoms with Crippen LogP contribution in [-0.2, 0) is 24.4 Å². The molecule has 1 saturated heterocycles. The van der Waals surface area contributed by atoms with Crippen molar-refractivity contribution in [2.45, 2.75) is 43.7 Å². The third-order valence-corrected chi connectivity index (χ3v) is 6.87. The molecule has 9 nitrogen and oxygen atoms in total. The van der Waals surface area contributed by atoms with Crippen LogP contribution in [0.15, 0.2) is 53.4 Å². The number of amides is 3. The molecule has 0 aliphatic carbocycles. The SMILES string of the molecule is CC(C)(C)N1CC(C(=O)N2c3ccc(S(N)(=O)=O)cc3NC(=O)C2c2ccccc2)CC1=O. The van der Waals surface area contributed by atoms with Crippen molar-refractivity contribution in [1.29, 1.82) is 0 Å². The van der Waals surface area contributed by atoms with Gasteiger partial charge in [0.2, 0.25) is 21.8 Å². The molecule has 0 radical (unpaired) electrons. The van der Waals surface area contributed by atoms with Crippen LogP contribution in [-0.4, -0.2) is 43.1 Å². The Hall–Kier alpha value is -3.24. The van der Waals surface area contributed by atoms with Crippen molar-refractivity contribution in [3.05, 3.63) is 54.1 Å². The molecular formula is C23H26N4O5S. The Labute approximate surface area is 192 Å². The normalized spacial score (nSPS) is 21.1. The first-order valence-corrected chi connectivity index (χ1v) is 12.1. The van der Waals surface area contributed by atoms with E-state index in [1.54, 1.807) is 35.2 Å². The topological polar surface area (TPSA) is 130 Å². The summed E-state index contributed by atoms with van der Waals surface area (Å²) in [5.41, 5.74) is 0.681. The van der Waals surface area contributed by atoms with E-state index < -0.39 is 33.4 Å². The largest absolute Gasteiger partial charge is 0.337 e. The second-order valence-corrected chi connectivity index (χ2v) is 10.9. The Morgan fingerprint density at radius 2 is 1.76 bits per heavy atom. The Balaban J connectivity index is 1.81. The number of carbonyl (C=O) groups excluding carboxylic acids is 3. The molecule has 0 saturated carbocycles.